The number of hydrogen-bond donors (Lipinski definition) is 2. The summed E-state index contributed by atoms with van der Waals surface area (Å²) in [5.74, 6) is 7.62. The molecule has 0 bridgehead atoms. The molecule has 110 valence electrons. The van der Waals surface area contributed by atoms with Gasteiger partial charge in [0.1, 0.15) is 0 Å². The third-order valence-electron chi connectivity index (χ3n) is 4.52. The molecule has 3 rings (SSSR count). The Bertz CT molecular complexity index is 601. The zero-order valence-electron chi connectivity index (χ0n) is 12.4. The smallest absolute Gasteiger partial charge is 0.228 e. The summed E-state index contributed by atoms with van der Waals surface area (Å²) in [7, 11) is 0. The van der Waals surface area contributed by atoms with E-state index in [1.165, 1.54) is 19.3 Å². The molecule has 2 unspecified atom stereocenters. The Kier molecular flexibility index (Phi) is 3.98. The normalized spacial score (nSPS) is 25.7. The van der Waals surface area contributed by atoms with Crippen LogP contribution in [0.2, 0.25) is 0 Å². The number of benzene rings is 1. The lowest BCUT2D eigenvalue weighted by molar-refractivity contribution is -0.118. The van der Waals surface area contributed by atoms with Crippen molar-refractivity contribution in [1.29, 1.82) is 0 Å². The van der Waals surface area contributed by atoms with Crippen LogP contribution in [0.25, 0.3) is 0 Å². The molecule has 2 saturated carbocycles. The lowest BCUT2D eigenvalue weighted by atomic mass is 10.1. The maximum atomic E-state index is 12.3. The highest BCUT2D eigenvalue weighted by Crippen LogP contribution is 2.57. The predicted molar refractivity (Wildman–Crippen MR) is 82.7 cm³/mol. The van der Waals surface area contributed by atoms with E-state index in [0.717, 1.165) is 16.8 Å². The summed E-state index contributed by atoms with van der Waals surface area (Å²) < 4.78 is 0. The summed E-state index contributed by atoms with van der Waals surface area (Å²) in [6.07, 6.45) is 4.19. The Balaban J connectivity index is 1.68. The van der Waals surface area contributed by atoms with Crippen LogP contribution in [0.4, 0.5) is 5.69 Å². The van der Waals surface area contributed by atoms with Gasteiger partial charge in [-0.3, -0.25) is 4.79 Å². The standard InChI is InChI=1S/C18H21NO2/c1-12-9-13(5-2-3-8-20)11-14(10-12)19-18(21)17-15-6-4-7-16(15)17/h9-11,15-17,20H,3-4,6-8H2,1H3,(H,19,21). The number of nitrogens with one attached hydrogen (secondary N) is 1. The molecule has 21 heavy (non-hydrogen) atoms. The quantitative estimate of drug-likeness (QED) is 0.838. The Morgan fingerprint density at radius 1 is 1.33 bits per heavy atom. The van der Waals surface area contributed by atoms with Crippen LogP contribution >= 0.6 is 0 Å². The Morgan fingerprint density at radius 2 is 2.10 bits per heavy atom. The number of carbonyl (C=O) groups excluding carboxylic acids is 1. The molecule has 3 nitrogen and oxygen atoms in total. The first-order valence-corrected chi connectivity index (χ1v) is 7.71. The van der Waals surface area contributed by atoms with Gasteiger partial charge in [-0.1, -0.05) is 18.3 Å². The predicted octanol–water partition coefficient (Wildman–Crippen LogP) is 2.71. The lowest BCUT2D eigenvalue weighted by Gasteiger charge is -2.08. The van der Waals surface area contributed by atoms with Crippen molar-refractivity contribution in [3.63, 3.8) is 0 Å². The average molecular weight is 283 g/mol. The molecule has 2 fully saturated rings. The van der Waals surface area contributed by atoms with Crippen molar-refractivity contribution in [3.8, 4) is 11.8 Å². The van der Waals surface area contributed by atoms with Crippen LogP contribution in [0.15, 0.2) is 18.2 Å². The van der Waals surface area contributed by atoms with Crippen molar-refractivity contribution in [3.05, 3.63) is 29.3 Å². The first kappa shape index (κ1) is 14.2. The van der Waals surface area contributed by atoms with E-state index < -0.39 is 0 Å². The van der Waals surface area contributed by atoms with Gasteiger partial charge >= 0.3 is 0 Å². The molecule has 1 aromatic carbocycles. The fraction of sp³-hybridized carbons (Fsp3) is 0.500. The van der Waals surface area contributed by atoms with Crippen LogP contribution in [-0.2, 0) is 4.79 Å². The lowest BCUT2D eigenvalue weighted by Crippen LogP contribution is -2.16. The third-order valence-corrected chi connectivity index (χ3v) is 4.52. The van der Waals surface area contributed by atoms with Crippen molar-refractivity contribution in [2.75, 3.05) is 11.9 Å². The van der Waals surface area contributed by atoms with Crippen LogP contribution in [0.3, 0.4) is 0 Å². The Labute approximate surface area is 125 Å². The van der Waals surface area contributed by atoms with E-state index in [2.05, 4.69) is 17.2 Å². The van der Waals surface area contributed by atoms with Gasteiger partial charge in [-0.05, 0) is 55.4 Å². The number of fused-ring (bicyclic) bond motifs is 1. The van der Waals surface area contributed by atoms with Gasteiger partial charge in [0.15, 0.2) is 0 Å². The molecule has 0 aromatic heterocycles. The monoisotopic (exact) mass is 283 g/mol. The summed E-state index contributed by atoms with van der Waals surface area (Å²) in [6, 6.07) is 5.88. The van der Waals surface area contributed by atoms with Gasteiger partial charge in [-0.15, -0.1) is 0 Å². The maximum Gasteiger partial charge on any atom is 0.228 e. The Hall–Kier alpha value is -1.79. The highest BCUT2D eigenvalue weighted by molar-refractivity contribution is 5.95. The second-order valence-electron chi connectivity index (χ2n) is 6.14. The van der Waals surface area contributed by atoms with Gasteiger partial charge in [-0.2, -0.15) is 0 Å². The van der Waals surface area contributed by atoms with Crippen molar-refractivity contribution >= 4 is 11.6 Å². The molecule has 0 saturated heterocycles. The minimum Gasteiger partial charge on any atom is -0.395 e. The second-order valence-corrected chi connectivity index (χ2v) is 6.14. The number of anilines is 1. The minimum atomic E-state index is 0.0763. The molecule has 2 atom stereocenters. The number of hydrogen-bond acceptors (Lipinski definition) is 2. The van der Waals surface area contributed by atoms with E-state index >= 15 is 0 Å². The fourth-order valence-electron chi connectivity index (χ4n) is 3.58. The topological polar surface area (TPSA) is 49.3 Å². The molecule has 2 aliphatic carbocycles. The van der Waals surface area contributed by atoms with Gasteiger partial charge in [0, 0.05) is 23.6 Å². The molecule has 1 amide bonds. The number of carbonyl (C=O) groups is 1. The maximum absolute atomic E-state index is 12.3. The Morgan fingerprint density at radius 3 is 2.81 bits per heavy atom. The highest BCUT2D eigenvalue weighted by Gasteiger charge is 2.56. The van der Waals surface area contributed by atoms with E-state index in [9.17, 15) is 4.79 Å². The molecule has 0 aliphatic heterocycles. The zero-order valence-corrected chi connectivity index (χ0v) is 12.4. The van der Waals surface area contributed by atoms with E-state index in [1.54, 1.807) is 0 Å². The number of amides is 1. The van der Waals surface area contributed by atoms with Crippen LogP contribution < -0.4 is 5.32 Å². The summed E-state index contributed by atoms with van der Waals surface area (Å²) in [5.41, 5.74) is 2.80. The van der Waals surface area contributed by atoms with E-state index in [0.29, 0.717) is 18.3 Å². The number of aryl methyl sites for hydroxylation is 1. The van der Waals surface area contributed by atoms with Crippen LogP contribution in [0.1, 0.15) is 36.8 Å². The van der Waals surface area contributed by atoms with Gasteiger partial charge in [0.05, 0.1) is 6.61 Å². The first-order chi connectivity index (χ1) is 10.2. The minimum absolute atomic E-state index is 0.0763. The molecule has 1 aromatic rings. The molecule has 0 heterocycles. The van der Waals surface area contributed by atoms with Crippen LogP contribution in [0, 0.1) is 36.5 Å². The first-order valence-electron chi connectivity index (χ1n) is 7.71. The molecular formula is C18H21NO2. The largest absolute Gasteiger partial charge is 0.395 e. The third kappa shape index (κ3) is 3.11. The van der Waals surface area contributed by atoms with Gasteiger partial charge in [-0.25, -0.2) is 0 Å². The SMILES string of the molecule is Cc1cc(C#CCCO)cc(NC(=O)C2C3CCCC32)c1. The number of aliphatic hydroxyl groups excluding tert-OH is 1. The van der Waals surface area contributed by atoms with Crippen molar-refractivity contribution in [1.82, 2.24) is 0 Å². The van der Waals surface area contributed by atoms with Crippen molar-refractivity contribution in [2.24, 2.45) is 17.8 Å². The molecule has 2 aliphatic rings. The average Bonchev–Trinajstić information content (AvgIpc) is 2.92. The van der Waals surface area contributed by atoms with E-state index in [1.807, 2.05) is 25.1 Å². The van der Waals surface area contributed by atoms with Gasteiger partial charge in [0.2, 0.25) is 5.91 Å². The van der Waals surface area contributed by atoms with E-state index in [-0.39, 0.29) is 18.4 Å². The van der Waals surface area contributed by atoms with Gasteiger partial charge in [0.25, 0.3) is 0 Å². The fourth-order valence-corrected chi connectivity index (χ4v) is 3.58. The van der Waals surface area contributed by atoms with Gasteiger partial charge < -0.3 is 10.4 Å². The summed E-state index contributed by atoms with van der Waals surface area (Å²) in [5, 5.41) is 11.8. The zero-order chi connectivity index (χ0) is 14.8. The highest BCUT2D eigenvalue weighted by atomic mass is 16.2. The molecular weight excluding hydrogens is 262 g/mol. The second kappa shape index (κ2) is 5.91. The van der Waals surface area contributed by atoms with E-state index in [4.69, 9.17) is 5.11 Å². The molecule has 0 spiro atoms. The van der Waals surface area contributed by atoms with Crippen LogP contribution in [-0.4, -0.2) is 17.6 Å². The van der Waals surface area contributed by atoms with Crippen molar-refractivity contribution < 1.29 is 9.90 Å². The molecule has 0 radical (unpaired) electrons. The molecule has 3 heteroatoms. The van der Waals surface area contributed by atoms with Crippen LogP contribution in [0.5, 0.6) is 0 Å². The number of rotatable bonds is 3. The summed E-state index contributed by atoms with van der Waals surface area (Å²) in [6.45, 7) is 2.08. The molecule has 2 N–H and O–H groups in total. The summed E-state index contributed by atoms with van der Waals surface area (Å²) >= 11 is 0. The summed E-state index contributed by atoms with van der Waals surface area (Å²) in [4.78, 5) is 12.3. The van der Waals surface area contributed by atoms with Crippen molar-refractivity contribution in [2.45, 2.75) is 32.6 Å². The number of aliphatic hydroxyl groups is 1.